The zero-order valence-corrected chi connectivity index (χ0v) is 15.6. The maximum absolute atomic E-state index is 11.9. The average Bonchev–Trinajstić information content (AvgIpc) is 2.62. The number of carbonyl (C=O) groups is 1. The first kappa shape index (κ1) is 19.2. The third-order valence-corrected chi connectivity index (χ3v) is 4.54. The van der Waals surface area contributed by atoms with Crippen LogP contribution in [0.3, 0.4) is 0 Å². The number of fused-ring (bicyclic) bond motifs is 1. The van der Waals surface area contributed by atoms with Crippen molar-refractivity contribution >= 4 is 17.6 Å². The molecule has 1 aromatic rings. The van der Waals surface area contributed by atoms with Crippen molar-refractivity contribution in [1.82, 2.24) is 15.5 Å². The molecule has 1 aliphatic heterocycles. The molecule has 0 aromatic heterocycles. The van der Waals surface area contributed by atoms with Crippen LogP contribution in [0, 0.1) is 0 Å². The predicted molar refractivity (Wildman–Crippen MR) is 104 cm³/mol. The van der Waals surface area contributed by atoms with Crippen molar-refractivity contribution in [2.24, 2.45) is 4.99 Å². The minimum Gasteiger partial charge on any atom is -0.357 e. The molecule has 2 rings (SSSR count). The fourth-order valence-electron chi connectivity index (χ4n) is 3.08. The van der Waals surface area contributed by atoms with E-state index in [1.807, 2.05) is 18.2 Å². The second-order valence-electron chi connectivity index (χ2n) is 6.21. The van der Waals surface area contributed by atoms with Crippen LogP contribution in [0.1, 0.15) is 38.7 Å². The molecule has 25 heavy (non-hydrogen) atoms. The van der Waals surface area contributed by atoms with Gasteiger partial charge in [-0.15, -0.1) is 0 Å². The quantitative estimate of drug-likeness (QED) is 0.498. The zero-order valence-electron chi connectivity index (χ0n) is 15.6. The second kappa shape index (κ2) is 10.0. The molecule has 0 radical (unpaired) electrons. The Balaban J connectivity index is 1.97. The van der Waals surface area contributed by atoms with Crippen LogP contribution in [0.4, 0.5) is 5.69 Å². The minimum absolute atomic E-state index is 0.0680. The molecule has 0 saturated heterocycles. The molecule has 6 heteroatoms. The van der Waals surface area contributed by atoms with Crippen LogP contribution in [0.5, 0.6) is 0 Å². The Morgan fingerprint density at radius 1 is 1.24 bits per heavy atom. The van der Waals surface area contributed by atoms with Crippen molar-refractivity contribution in [2.45, 2.75) is 33.1 Å². The van der Waals surface area contributed by atoms with E-state index in [4.69, 9.17) is 4.99 Å². The molecular weight excluding hydrogens is 314 g/mol. The maximum atomic E-state index is 11.9. The third-order valence-electron chi connectivity index (χ3n) is 4.54. The van der Waals surface area contributed by atoms with Gasteiger partial charge in [0.05, 0.1) is 6.54 Å². The van der Waals surface area contributed by atoms with Gasteiger partial charge in [-0.2, -0.15) is 0 Å². The predicted octanol–water partition coefficient (Wildman–Crippen LogP) is 2.01. The van der Waals surface area contributed by atoms with Crippen LogP contribution in [-0.2, 0) is 4.79 Å². The fraction of sp³-hybridized carbons (Fsp3) is 0.579. The topological polar surface area (TPSA) is 68.8 Å². The Morgan fingerprint density at radius 2 is 2.00 bits per heavy atom. The highest BCUT2D eigenvalue weighted by Gasteiger charge is 2.24. The summed E-state index contributed by atoms with van der Waals surface area (Å²) in [6, 6.07) is 8.00. The first-order valence-electron chi connectivity index (χ1n) is 9.31. The van der Waals surface area contributed by atoms with Crippen molar-refractivity contribution in [1.29, 1.82) is 0 Å². The summed E-state index contributed by atoms with van der Waals surface area (Å²) >= 11 is 0. The normalized spacial score (nSPS) is 17.2. The van der Waals surface area contributed by atoms with Gasteiger partial charge in [-0.05, 0) is 31.6 Å². The van der Waals surface area contributed by atoms with Gasteiger partial charge >= 0.3 is 0 Å². The number of para-hydroxylation sites is 1. The molecule has 1 heterocycles. The van der Waals surface area contributed by atoms with E-state index >= 15 is 0 Å². The van der Waals surface area contributed by atoms with Gasteiger partial charge in [-0.25, -0.2) is 0 Å². The van der Waals surface area contributed by atoms with Crippen molar-refractivity contribution < 1.29 is 4.79 Å². The number of rotatable bonds is 8. The van der Waals surface area contributed by atoms with E-state index in [0.717, 1.165) is 44.4 Å². The van der Waals surface area contributed by atoms with Crippen LogP contribution >= 0.6 is 0 Å². The molecule has 1 amide bonds. The number of aliphatic imine (C=N–C) groups is 1. The maximum Gasteiger partial charge on any atom is 0.225 e. The Labute approximate surface area is 151 Å². The molecule has 6 nitrogen and oxygen atoms in total. The Morgan fingerprint density at radius 3 is 2.72 bits per heavy atom. The monoisotopic (exact) mass is 345 g/mol. The summed E-state index contributed by atoms with van der Waals surface area (Å²) in [6.07, 6.45) is 0.485. The van der Waals surface area contributed by atoms with E-state index in [0.29, 0.717) is 13.0 Å². The standard InChI is InChI=1S/C19H31N5O/c1-4-20-19(21-11-12-24(5-2)6-3)22-14-15-13-18(25)23-17-10-8-7-9-16(15)17/h7-10,15H,4-6,11-14H2,1-3H3,(H,23,25)(H2,20,21,22). The molecule has 0 aliphatic carbocycles. The fourth-order valence-corrected chi connectivity index (χ4v) is 3.08. The van der Waals surface area contributed by atoms with Crippen molar-refractivity contribution in [2.75, 3.05) is 44.6 Å². The molecular formula is C19H31N5O. The summed E-state index contributed by atoms with van der Waals surface area (Å²) in [7, 11) is 0. The number of nitrogens with one attached hydrogen (secondary N) is 3. The lowest BCUT2D eigenvalue weighted by atomic mass is 9.91. The molecule has 1 aliphatic rings. The van der Waals surface area contributed by atoms with Gasteiger partial charge in [0.15, 0.2) is 5.96 Å². The van der Waals surface area contributed by atoms with Gasteiger partial charge in [-0.1, -0.05) is 32.0 Å². The Bertz CT molecular complexity index is 583. The van der Waals surface area contributed by atoms with Gasteiger partial charge in [0, 0.05) is 37.7 Å². The Hall–Kier alpha value is -2.08. The number of carbonyl (C=O) groups excluding carboxylic acids is 1. The average molecular weight is 345 g/mol. The molecule has 138 valence electrons. The lowest BCUT2D eigenvalue weighted by Crippen LogP contribution is -2.42. The zero-order chi connectivity index (χ0) is 18.1. The number of amides is 1. The summed E-state index contributed by atoms with van der Waals surface area (Å²) in [4.78, 5) is 19.0. The van der Waals surface area contributed by atoms with Crippen LogP contribution in [0.25, 0.3) is 0 Å². The van der Waals surface area contributed by atoms with Gasteiger partial charge < -0.3 is 20.9 Å². The summed E-state index contributed by atoms with van der Waals surface area (Å²) in [5, 5.41) is 9.62. The van der Waals surface area contributed by atoms with Gasteiger partial charge in [-0.3, -0.25) is 9.79 Å². The number of likely N-dealkylation sites (N-methyl/N-ethyl adjacent to an activating group) is 1. The van der Waals surface area contributed by atoms with Crippen molar-refractivity contribution in [3.05, 3.63) is 29.8 Å². The molecule has 1 aromatic carbocycles. The highest BCUT2D eigenvalue weighted by atomic mass is 16.1. The van der Waals surface area contributed by atoms with E-state index in [-0.39, 0.29) is 11.8 Å². The van der Waals surface area contributed by atoms with Gasteiger partial charge in [0.1, 0.15) is 0 Å². The van der Waals surface area contributed by atoms with Crippen LogP contribution in [0.15, 0.2) is 29.3 Å². The molecule has 1 unspecified atom stereocenters. The minimum atomic E-state index is 0.0680. The number of nitrogens with zero attached hydrogens (tertiary/aromatic N) is 2. The number of guanidine groups is 1. The van der Waals surface area contributed by atoms with Gasteiger partial charge in [0.2, 0.25) is 5.91 Å². The van der Waals surface area contributed by atoms with Crippen LogP contribution in [0.2, 0.25) is 0 Å². The lowest BCUT2D eigenvalue weighted by molar-refractivity contribution is -0.116. The lowest BCUT2D eigenvalue weighted by Gasteiger charge is -2.24. The third kappa shape index (κ3) is 5.74. The molecule has 0 saturated carbocycles. The van der Waals surface area contributed by atoms with Crippen molar-refractivity contribution in [3.8, 4) is 0 Å². The largest absolute Gasteiger partial charge is 0.357 e. The van der Waals surface area contributed by atoms with E-state index < -0.39 is 0 Å². The Kier molecular flexibility index (Phi) is 7.73. The summed E-state index contributed by atoms with van der Waals surface area (Å²) in [5.74, 6) is 1.01. The number of hydrogen-bond acceptors (Lipinski definition) is 3. The summed E-state index contributed by atoms with van der Waals surface area (Å²) in [5.41, 5.74) is 2.09. The van der Waals surface area contributed by atoms with Crippen LogP contribution < -0.4 is 16.0 Å². The van der Waals surface area contributed by atoms with Crippen molar-refractivity contribution in [3.63, 3.8) is 0 Å². The highest BCUT2D eigenvalue weighted by Crippen LogP contribution is 2.31. The molecule has 0 bridgehead atoms. The number of hydrogen-bond donors (Lipinski definition) is 3. The molecule has 1 atom stereocenters. The van der Waals surface area contributed by atoms with E-state index in [9.17, 15) is 4.79 Å². The smallest absolute Gasteiger partial charge is 0.225 e. The second-order valence-corrected chi connectivity index (χ2v) is 6.21. The number of benzene rings is 1. The highest BCUT2D eigenvalue weighted by molar-refractivity contribution is 5.94. The molecule has 0 fully saturated rings. The van der Waals surface area contributed by atoms with E-state index in [2.05, 4.69) is 47.7 Å². The summed E-state index contributed by atoms with van der Waals surface area (Å²) in [6.45, 7) is 11.8. The first-order valence-corrected chi connectivity index (χ1v) is 9.31. The molecule has 3 N–H and O–H groups in total. The first-order chi connectivity index (χ1) is 12.2. The van der Waals surface area contributed by atoms with Crippen LogP contribution in [-0.4, -0.2) is 56.0 Å². The van der Waals surface area contributed by atoms with E-state index in [1.165, 1.54) is 5.56 Å². The number of anilines is 1. The van der Waals surface area contributed by atoms with Gasteiger partial charge in [0.25, 0.3) is 0 Å². The SMILES string of the molecule is CCNC(=NCC1CC(=O)Nc2ccccc21)NCCN(CC)CC. The summed E-state index contributed by atoms with van der Waals surface area (Å²) < 4.78 is 0. The van der Waals surface area contributed by atoms with E-state index in [1.54, 1.807) is 0 Å². The molecule has 0 spiro atoms.